The second-order valence-electron chi connectivity index (χ2n) is 4.92. The summed E-state index contributed by atoms with van der Waals surface area (Å²) in [5, 5.41) is 20.6. The number of aliphatic hydroxyl groups excluding tert-OH is 1. The largest absolute Gasteiger partial charge is 0.409 e. The summed E-state index contributed by atoms with van der Waals surface area (Å²) in [6.07, 6.45) is 3.01. The fourth-order valence-electron chi connectivity index (χ4n) is 1.85. The van der Waals surface area contributed by atoms with Gasteiger partial charge in [0.1, 0.15) is 5.41 Å². The summed E-state index contributed by atoms with van der Waals surface area (Å²) in [4.78, 5) is 14.0. The van der Waals surface area contributed by atoms with E-state index in [4.69, 9.17) is 16.0 Å². The molecule has 0 spiro atoms. The van der Waals surface area contributed by atoms with Crippen molar-refractivity contribution >= 4 is 11.7 Å². The first-order chi connectivity index (χ1) is 7.95. The molecule has 0 atom stereocenters. The molecule has 1 aliphatic rings. The quantitative estimate of drug-likeness (QED) is 0.276. The number of carbonyl (C=O) groups is 1. The summed E-state index contributed by atoms with van der Waals surface area (Å²) in [6.45, 7) is 3.46. The average Bonchev–Trinajstić information content (AvgIpc) is 2.23. The van der Waals surface area contributed by atoms with Gasteiger partial charge in [0.15, 0.2) is 5.84 Å². The molecule has 17 heavy (non-hydrogen) atoms. The van der Waals surface area contributed by atoms with Gasteiger partial charge in [-0.2, -0.15) is 0 Å². The predicted octanol–water partition coefficient (Wildman–Crippen LogP) is 0.132. The van der Waals surface area contributed by atoms with Crippen molar-refractivity contribution in [1.82, 2.24) is 4.90 Å². The maximum absolute atomic E-state index is 12.3. The SMILES string of the molecule is CC(C)(C(=O)N(CCO)C1CCC1)C(N)=NO. The van der Waals surface area contributed by atoms with E-state index in [1.165, 1.54) is 0 Å². The molecule has 0 bridgehead atoms. The van der Waals surface area contributed by atoms with Crippen molar-refractivity contribution in [3.8, 4) is 0 Å². The number of amidine groups is 1. The Morgan fingerprint density at radius 3 is 2.47 bits per heavy atom. The highest BCUT2D eigenvalue weighted by Gasteiger charge is 2.40. The topological polar surface area (TPSA) is 99.2 Å². The summed E-state index contributed by atoms with van der Waals surface area (Å²) >= 11 is 0. The van der Waals surface area contributed by atoms with Gasteiger partial charge in [0.05, 0.1) is 6.61 Å². The molecule has 0 radical (unpaired) electrons. The Labute approximate surface area is 101 Å². The van der Waals surface area contributed by atoms with Gasteiger partial charge >= 0.3 is 0 Å². The summed E-state index contributed by atoms with van der Waals surface area (Å²) < 4.78 is 0. The van der Waals surface area contributed by atoms with Crippen LogP contribution in [0.1, 0.15) is 33.1 Å². The number of aliphatic hydroxyl groups is 1. The van der Waals surface area contributed by atoms with E-state index >= 15 is 0 Å². The van der Waals surface area contributed by atoms with Crippen LogP contribution in [0.5, 0.6) is 0 Å². The molecule has 0 heterocycles. The van der Waals surface area contributed by atoms with Crippen LogP contribution in [0.3, 0.4) is 0 Å². The molecular formula is C11H21N3O3. The van der Waals surface area contributed by atoms with Crippen molar-refractivity contribution in [2.75, 3.05) is 13.2 Å². The molecule has 6 heteroatoms. The van der Waals surface area contributed by atoms with Gasteiger partial charge in [0.2, 0.25) is 5.91 Å². The zero-order chi connectivity index (χ0) is 13.1. The van der Waals surface area contributed by atoms with Crippen LogP contribution >= 0.6 is 0 Å². The first-order valence-electron chi connectivity index (χ1n) is 5.85. The second kappa shape index (κ2) is 5.35. The Bertz CT molecular complexity index is 311. The third kappa shape index (κ3) is 2.69. The molecule has 0 aromatic heterocycles. The third-order valence-corrected chi connectivity index (χ3v) is 3.40. The fraction of sp³-hybridized carbons (Fsp3) is 0.818. The highest BCUT2D eigenvalue weighted by molar-refractivity contribution is 6.06. The van der Waals surface area contributed by atoms with Gasteiger partial charge in [-0.1, -0.05) is 5.16 Å². The molecule has 1 aliphatic carbocycles. The Morgan fingerprint density at radius 2 is 2.12 bits per heavy atom. The van der Waals surface area contributed by atoms with Crippen LogP contribution in [-0.4, -0.2) is 46.1 Å². The number of nitrogens with zero attached hydrogens (tertiary/aromatic N) is 2. The Hall–Kier alpha value is -1.30. The monoisotopic (exact) mass is 243 g/mol. The zero-order valence-corrected chi connectivity index (χ0v) is 10.4. The van der Waals surface area contributed by atoms with Crippen LogP contribution in [0.25, 0.3) is 0 Å². The van der Waals surface area contributed by atoms with E-state index in [0.717, 1.165) is 19.3 Å². The summed E-state index contributed by atoms with van der Waals surface area (Å²) in [5.74, 6) is -0.309. The van der Waals surface area contributed by atoms with E-state index in [1.54, 1.807) is 18.7 Å². The van der Waals surface area contributed by atoms with Crippen molar-refractivity contribution in [2.24, 2.45) is 16.3 Å². The summed E-state index contributed by atoms with van der Waals surface area (Å²) in [7, 11) is 0. The number of hydrogen-bond donors (Lipinski definition) is 3. The number of hydrogen-bond acceptors (Lipinski definition) is 4. The van der Waals surface area contributed by atoms with E-state index in [9.17, 15) is 4.79 Å². The van der Waals surface area contributed by atoms with Gasteiger partial charge in [0, 0.05) is 12.6 Å². The Kier molecular flexibility index (Phi) is 4.34. The average molecular weight is 243 g/mol. The fourth-order valence-corrected chi connectivity index (χ4v) is 1.85. The van der Waals surface area contributed by atoms with Crippen LogP contribution in [0.2, 0.25) is 0 Å². The number of amides is 1. The Balaban J connectivity index is 2.83. The van der Waals surface area contributed by atoms with Crippen LogP contribution in [0.15, 0.2) is 5.16 Å². The molecule has 0 aliphatic heterocycles. The minimum absolute atomic E-state index is 0.0749. The van der Waals surface area contributed by atoms with E-state index in [-0.39, 0.29) is 24.4 Å². The molecular weight excluding hydrogens is 222 g/mol. The minimum atomic E-state index is -1.04. The first-order valence-corrected chi connectivity index (χ1v) is 5.85. The van der Waals surface area contributed by atoms with E-state index in [2.05, 4.69) is 5.16 Å². The summed E-state index contributed by atoms with van der Waals surface area (Å²) in [6, 6.07) is 0.181. The minimum Gasteiger partial charge on any atom is -0.409 e. The van der Waals surface area contributed by atoms with E-state index in [0.29, 0.717) is 6.54 Å². The molecule has 98 valence electrons. The molecule has 1 amide bonds. The molecule has 1 saturated carbocycles. The van der Waals surface area contributed by atoms with Gasteiger partial charge in [-0.15, -0.1) is 0 Å². The maximum Gasteiger partial charge on any atom is 0.236 e. The van der Waals surface area contributed by atoms with Gasteiger partial charge < -0.3 is 20.9 Å². The normalized spacial score (nSPS) is 17.7. The molecule has 4 N–H and O–H groups in total. The molecule has 6 nitrogen and oxygen atoms in total. The van der Waals surface area contributed by atoms with Crippen LogP contribution in [0.4, 0.5) is 0 Å². The highest BCUT2D eigenvalue weighted by Crippen LogP contribution is 2.29. The smallest absolute Gasteiger partial charge is 0.236 e. The van der Waals surface area contributed by atoms with Crippen LogP contribution in [-0.2, 0) is 4.79 Å². The number of nitrogens with two attached hydrogens (primary N) is 1. The lowest BCUT2D eigenvalue weighted by atomic mass is 9.85. The lowest BCUT2D eigenvalue weighted by Crippen LogP contribution is -2.54. The molecule has 1 rings (SSSR count). The number of oxime groups is 1. The van der Waals surface area contributed by atoms with Gasteiger partial charge in [0.25, 0.3) is 0 Å². The molecule has 0 saturated heterocycles. The van der Waals surface area contributed by atoms with Crippen molar-refractivity contribution < 1.29 is 15.1 Å². The van der Waals surface area contributed by atoms with Crippen LogP contribution in [0, 0.1) is 5.41 Å². The molecule has 1 fully saturated rings. The second-order valence-corrected chi connectivity index (χ2v) is 4.92. The lowest BCUT2D eigenvalue weighted by Gasteiger charge is -2.40. The number of carbonyl (C=O) groups excluding carboxylic acids is 1. The lowest BCUT2D eigenvalue weighted by molar-refractivity contribution is -0.142. The molecule has 0 aromatic rings. The van der Waals surface area contributed by atoms with Crippen molar-refractivity contribution in [3.63, 3.8) is 0 Å². The molecule has 0 aromatic carbocycles. The predicted molar refractivity (Wildman–Crippen MR) is 63.6 cm³/mol. The molecule has 0 unspecified atom stereocenters. The Morgan fingerprint density at radius 1 is 1.53 bits per heavy atom. The maximum atomic E-state index is 12.3. The van der Waals surface area contributed by atoms with E-state index in [1.807, 2.05) is 0 Å². The zero-order valence-electron chi connectivity index (χ0n) is 10.4. The summed E-state index contributed by atoms with van der Waals surface area (Å²) in [5.41, 5.74) is 4.49. The van der Waals surface area contributed by atoms with Crippen molar-refractivity contribution in [3.05, 3.63) is 0 Å². The van der Waals surface area contributed by atoms with Gasteiger partial charge in [-0.3, -0.25) is 4.79 Å². The third-order valence-electron chi connectivity index (χ3n) is 3.40. The highest BCUT2D eigenvalue weighted by atomic mass is 16.4. The standard InChI is InChI=1S/C11H21N3O3/c1-11(2,9(12)13-17)10(16)14(6-7-15)8-4-3-5-8/h8,15,17H,3-7H2,1-2H3,(H2,12,13). The van der Waals surface area contributed by atoms with E-state index < -0.39 is 5.41 Å². The van der Waals surface area contributed by atoms with Gasteiger partial charge in [-0.05, 0) is 33.1 Å². The van der Waals surface area contributed by atoms with Crippen molar-refractivity contribution in [1.29, 1.82) is 0 Å². The number of rotatable bonds is 5. The van der Waals surface area contributed by atoms with Crippen molar-refractivity contribution in [2.45, 2.75) is 39.2 Å². The first kappa shape index (κ1) is 13.8. The van der Waals surface area contributed by atoms with Gasteiger partial charge in [-0.25, -0.2) is 0 Å². The van der Waals surface area contributed by atoms with Crippen LogP contribution < -0.4 is 5.73 Å².